The van der Waals surface area contributed by atoms with Gasteiger partial charge in [0.2, 0.25) is 5.88 Å². The molecule has 0 saturated carbocycles. The Morgan fingerprint density at radius 3 is 2.68 bits per heavy atom. The van der Waals surface area contributed by atoms with Crippen LogP contribution >= 0.6 is 0 Å². The van der Waals surface area contributed by atoms with Gasteiger partial charge in [0.05, 0.1) is 12.2 Å². The smallest absolute Gasteiger partial charge is 0.221 e. The zero-order valence-electron chi connectivity index (χ0n) is 11.9. The Morgan fingerprint density at radius 1 is 1.26 bits per heavy atom. The first kappa shape index (κ1) is 13.5. The predicted molar refractivity (Wildman–Crippen MR) is 73.5 cm³/mol. The highest BCUT2D eigenvalue weighted by Crippen LogP contribution is 2.22. The van der Waals surface area contributed by atoms with Crippen molar-refractivity contribution in [3.05, 3.63) is 30.6 Å². The molecule has 19 heavy (non-hydrogen) atoms. The van der Waals surface area contributed by atoms with Crippen molar-refractivity contribution in [1.29, 1.82) is 0 Å². The second-order valence-corrected chi connectivity index (χ2v) is 5.76. The third kappa shape index (κ3) is 3.53. The van der Waals surface area contributed by atoms with Crippen molar-refractivity contribution in [1.82, 2.24) is 19.5 Å². The Labute approximate surface area is 113 Å². The van der Waals surface area contributed by atoms with Gasteiger partial charge in [0.25, 0.3) is 0 Å². The highest BCUT2D eigenvalue weighted by atomic mass is 16.5. The van der Waals surface area contributed by atoms with Gasteiger partial charge in [0.15, 0.2) is 0 Å². The average molecular weight is 260 g/mol. The molecule has 0 atom stereocenters. The third-order valence-electron chi connectivity index (χ3n) is 2.85. The molecule has 2 aromatic rings. The molecule has 5 nitrogen and oxygen atoms in total. The highest BCUT2D eigenvalue weighted by Gasteiger charge is 2.13. The molecular formula is C14H20N4O. The lowest BCUT2D eigenvalue weighted by molar-refractivity contribution is 0.234. The Bertz CT molecular complexity index is 529. The monoisotopic (exact) mass is 260 g/mol. The number of hydrogen-bond acceptors (Lipinski definition) is 4. The summed E-state index contributed by atoms with van der Waals surface area (Å²) in [6, 6.07) is 0. The van der Waals surface area contributed by atoms with Crippen molar-refractivity contribution in [2.24, 2.45) is 5.41 Å². The number of nitrogens with zero attached hydrogens (tertiary/aromatic N) is 4. The van der Waals surface area contributed by atoms with Crippen LogP contribution in [0, 0.1) is 12.3 Å². The quantitative estimate of drug-likeness (QED) is 0.848. The maximum atomic E-state index is 5.77. The van der Waals surface area contributed by atoms with Crippen LogP contribution in [0.2, 0.25) is 0 Å². The summed E-state index contributed by atoms with van der Waals surface area (Å²) in [4.78, 5) is 12.5. The molecule has 0 amide bonds. The first-order chi connectivity index (χ1) is 8.97. The zero-order chi connectivity index (χ0) is 13.9. The highest BCUT2D eigenvalue weighted by molar-refractivity contribution is 5.38. The van der Waals surface area contributed by atoms with E-state index < -0.39 is 0 Å². The molecular weight excluding hydrogens is 240 g/mol. The van der Waals surface area contributed by atoms with E-state index >= 15 is 0 Å². The third-order valence-corrected chi connectivity index (χ3v) is 2.85. The summed E-state index contributed by atoms with van der Waals surface area (Å²) in [5.74, 6) is 1.45. The van der Waals surface area contributed by atoms with Crippen LogP contribution in [-0.4, -0.2) is 26.1 Å². The molecule has 2 aromatic heterocycles. The summed E-state index contributed by atoms with van der Waals surface area (Å²) in [5, 5.41) is 0. The Kier molecular flexibility index (Phi) is 3.83. The zero-order valence-corrected chi connectivity index (χ0v) is 11.9. The van der Waals surface area contributed by atoms with Crippen LogP contribution in [0.4, 0.5) is 0 Å². The largest absolute Gasteiger partial charge is 0.477 e. The van der Waals surface area contributed by atoms with Crippen LogP contribution in [0.15, 0.2) is 25.0 Å². The van der Waals surface area contributed by atoms with Crippen LogP contribution in [0.25, 0.3) is 5.82 Å². The molecule has 0 aliphatic rings. The van der Waals surface area contributed by atoms with E-state index in [1.165, 1.54) is 6.33 Å². The fraction of sp³-hybridized carbons (Fsp3) is 0.500. The van der Waals surface area contributed by atoms with Crippen molar-refractivity contribution >= 4 is 0 Å². The first-order valence-corrected chi connectivity index (χ1v) is 6.40. The molecule has 0 saturated heterocycles. The lowest BCUT2D eigenvalue weighted by Gasteiger charge is -2.18. The Hall–Kier alpha value is -1.91. The van der Waals surface area contributed by atoms with E-state index in [1.54, 1.807) is 12.5 Å². The van der Waals surface area contributed by atoms with E-state index in [2.05, 4.69) is 35.7 Å². The van der Waals surface area contributed by atoms with Crippen molar-refractivity contribution in [2.75, 3.05) is 6.61 Å². The molecule has 0 bridgehead atoms. The van der Waals surface area contributed by atoms with E-state index in [9.17, 15) is 0 Å². The molecule has 0 spiro atoms. The molecule has 102 valence electrons. The van der Waals surface area contributed by atoms with Crippen molar-refractivity contribution in [3.8, 4) is 11.7 Å². The van der Waals surface area contributed by atoms with Gasteiger partial charge in [-0.2, -0.15) is 0 Å². The molecule has 0 N–H and O–H groups in total. The van der Waals surface area contributed by atoms with Gasteiger partial charge < -0.3 is 4.74 Å². The van der Waals surface area contributed by atoms with E-state index in [0.717, 1.165) is 17.8 Å². The summed E-state index contributed by atoms with van der Waals surface area (Å²) < 4.78 is 7.62. The fourth-order valence-corrected chi connectivity index (χ4v) is 1.67. The summed E-state index contributed by atoms with van der Waals surface area (Å²) in [6.45, 7) is 9.20. The van der Waals surface area contributed by atoms with Gasteiger partial charge in [0, 0.05) is 12.4 Å². The van der Waals surface area contributed by atoms with Gasteiger partial charge in [-0.15, -0.1) is 0 Å². The van der Waals surface area contributed by atoms with E-state index in [-0.39, 0.29) is 5.41 Å². The van der Waals surface area contributed by atoms with Crippen molar-refractivity contribution in [2.45, 2.75) is 34.1 Å². The topological polar surface area (TPSA) is 52.8 Å². The summed E-state index contributed by atoms with van der Waals surface area (Å²) in [7, 11) is 0. The minimum atomic E-state index is 0.258. The van der Waals surface area contributed by atoms with Crippen molar-refractivity contribution in [3.63, 3.8) is 0 Å². The fourth-order valence-electron chi connectivity index (χ4n) is 1.67. The number of rotatable bonds is 4. The molecule has 5 heteroatoms. The van der Waals surface area contributed by atoms with E-state index in [0.29, 0.717) is 12.5 Å². The van der Waals surface area contributed by atoms with E-state index in [4.69, 9.17) is 4.74 Å². The first-order valence-electron chi connectivity index (χ1n) is 6.40. The van der Waals surface area contributed by atoms with Gasteiger partial charge >= 0.3 is 0 Å². The second-order valence-electron chi connectivity index (χ2n) is 5.76. The Morgan fingerprint density at radius 2 is 2.05 bits per heavy atom. The van der Waals surface area contributed by atoms with Crippen molar-refractivity contribution < 1.29 is 4.74 Å². The summed E-state index contributed by atoms with van der Waals surface area (Å²) in [5.41, 5.74) is 1.18. The van der Waals surface area contributed by atoms with Crippen LogP contribution in [0.1, 0.15) is 32.8 Å². The lowest BCUT2D eigenvalue weighted by atomic mass is 9.93. The van der Waals surface area contributed by atoms with Crippen LogP contribution in [-0.2, 0) is 0 Å². The molecule has 0 radical (unpaired) electrons. The standard InChI is InChI=1S/C14H20N4O/c1-11-12(18-7-6-15-10-18)16-9-17-13(11)19-8-5-14(2,3)4/h6-7,9-10H,5,8H2,1-4H3. The molecule has 2 rings (SSSR count). The molecule has 0 aromatic carbocycles. The molecule has 2 heterocycles. The SMILES string of the molecule is Cc1c(OCCC(C)(C)C)ncnc1-n1ccnc1. The van der Waals surface area contributed by atoms with Crippen LogP contribution < -0.4 is 4.74 Å². The molecule has 0 fully saturated rings. The minimum absolute atomic E-state index is 0.258. The summed E-state index contributed by atoms with van der Waals surface area (Å²) in [6.07, 6.45) is 7.80. The van der Waals surface area contributed by atoms with Gasteiger partial charge in [-0.05, 0) is 18.8 Å². The van der Waals surface area contributed by atoms with Crippen LogP contribution in [0.3, 0.4) is 0 Å². The number of aromatic nitrogens is 4. The molecule has 0 unspecified atom stereocenters. The number of imidazole rings is 1. The Balaban J connectivity index is 2.12. The molecule has 0 aliphatic carbocycles. The second kappa shape index (κ2) is 5.38. The van der Waals surface area contributed by atoms with E-state index in [1.807, 2.05) is 17.7 Å². The van der Waals surface area contributed by atoms with Gasteiger partial charge in [-0.1, -0.05) is 20.8 Å². The lowest BCUT2D eigenvalue weighted by Crippen LogP contribution is -2.12. The summed E-state index contributed by atoms with van der Waals surface area (Å²) >= 11 is 0. The minimum Gasteiger partial charge on any atom is -0.477 e. The number of ether oxygens (including phenoxy) is 1. The average Bonchev–Trinajstić information content (AvgIpc) is 2.83. The normalized spacial score (nSPS) is 11.6. The molecule has 0 aliphatic heterocycles. The van der Waals surface area contributed by atoms with Crippen LogP contribution in [0.5, 0.6) is 5.88 Å². The maximum absolute atomic E-state index is 5.77. The number of hydrogen-bond donors (Lipinski definition) is 0. The van der Waals surface area contributed by atoms with Gasteiger partial charge in [-0.3, -0.25) is 4.57 Å². The maximum Gasteiger partial charge on any atom is 0.221 e. The van der Waals surface area contributed by atoms with Gasteiger partial charge in [-0.25, -0.2) is 15.0 Å². The predicted octanol–water partition coefficient (Wildman–Crippen LogP) is 2.79. The van der Waals surface area contributed by atoms with Gasteiger partial charge in [0.1, 0.15) is 18.5 Å².